The number of rotatable bonds is 12. The molecule has 0 saturated carbocycles. The molecule has 41 heavy (non-hydrogen) atoms. The molecule has 1 amide bonds. The van der Waals surface area contributed by atoms with Gasteiger partial charge in [-0.05, 0) is 45.6 Å². The molecular weight excluding hydrogens is 545 g/mol. The number of methoxy groups -OCH3 is 1. The number of nitrogens with zero attached hydrogens (tertiary/aromatic N) is 8. The molecule has 0 unspecified atom stereocenters. The van der Waals surface area contributed by atoms with Gasteiger partial charge in [-0.1, -0.05) is 6.58 Å². The lowest BCUT2D eigenvalue weighted by Gasteiger charge is -2.26. The molecule has 0 spiro atoms. The summed E-state index contributed by atoms with van der Waals surface area (Å²) in [6.07, 6.45) is 5.68. The van der Waals surface area contributed by atoms with Gasteiger partial charge in [0.1, 0.15) is 25.5 Å². The van der Waals surface area contributed by atoms with Crippen LogP contribution >= 0.6 is 7.14 Å². The van der Waals surface area contributed by atoms with E-state index in [0.717, 1.165) is 12.2 Å². The maximum atomic E-state index is 13.2. The molecule has 3 heterocycles. The van der Waals surface area contributed by atoms with Crippen molar-refractivity contribution in [1.82, 2.24) is 34.4 Å². The summed E-state index contributed by atoms with van der Waals surface area (Å²) in [6, 6.07) is 5.33. The number of fused-ring (bicyclic) bond motifs is 1. The van der Waals surface area contributed by atoms with E-state index in [1.54, 1.807) is 43.3 Å². The summed E-state index contributed by atoms with van der Waals surface area (Å²) in [7, 11) is 4.73. The van der Waals surface area contributed by atoms with Crippen molar-refractivity contribution in [1.29, 1.82) is 0 Å². The van der Waals surface area contributed by atoms with Gasteiger partial charge < -0.3 is 35.1 Å². The van der Waals surface area contributed by atoms with E-state index in [0.29, 0.717) is 40.3 Å². The third kappa shape index (κ3) is 6.97. The minimum Gasteiger partial charge on any atom is -0.494 e. The smallest absolute Gasteiger partial charge is 0.247 e. The normalized spacial score (nSPS) is 11.4. The van der Waals surface area contributed by atoms with Gasteiger partial charge in [0.05, 0.1) is 35.2 Å². The second kappa shape index (κ2) is 12.3. The van der Waals surface area contributed by atoms with Gasteiger partial charge in [0, 0.05) is 32.4 Å². The van der Waals surface area contributed by atoms with E-state index < -0.39 is 7.14 Å². The fourth-order valence-corrected chi connectivity index (χ4v) is 5.42. The van der Waals surface area contributed by atoms with E-state index in [4.69, 9.17) is 4.74 Å². The third-order valence-corrected chi connectivity index (χ3v) is 7.60. The van der Waals surface area contributed by atoms with Crippen molar-refractivity contribution < 1.29 is 14.1 Å². The molecule has 3 N–H and O–H groups in total. The highest BCUT2D eigenvalue weighted by Gasteiger charge is 2.23. The van der Waals surface area contributed by atoms with Crippen LogP contribution in [0, 0.1) is 0 Å². The first-order valence-electron chi connectivity index (χ1n) is 12.6. The van der Waals surface area contributed by atoms with Gasteiger partial charge >= 0.3 is 0 Å². The minimum atomic E-state index is -2.76. The zero-order chi connectivity index (χ0) is 29.7. The van der Waals surface area contributed by atoms with Gasteiger partial charge in [-0.15, -0.1) is 0 Å². The predicted octanol–water partition coefficient (Wildman–Crippen LogP) is 2.78. The predicted molar refractivity (Wildman–Crippen MR) is 162 cm³/mol. The SMILES string of the molecule is C=CC(=O)Nc1cc(Nc2ncnc(Nc3ccn4ncnc4c3P(C)(C)=O)n2)c(OC)cc1N(C)CCN(C)C. The molecular formula is C26H34N11O3P. The molecule has 0 fully saturated rings. The van der Waals surface area contributed by atoms with Crippen LogP contribution in [0.15, 0.2) is 49.7 Å². The first kappa shape index (κ1) is 29.4. The molecule has 4 aromatic rings. The van der Waals surface area contributed by atoms with Crippen molar-refractivity contribution in [2.45, 2.75) is 0 Å². The number of pyridine rings is 1. The Labute approximate surface area is 238 Å². The van der Waals surface area contributed by atoms with E-state index in [1.165, 1.54) is 18.7 Å². The molecule has 0 radical (unpaired) electrons. The summed E-state index contributed by atoms with van der Waals surface area (Å²) >= 11 is 0. The van der Waals surface area contributed by atoms with Crippen molar-refractivity contribution in [3.8, 4) is 5.75 Å². The second-order valence-electron chi connectivity index (χ2n) is 9.83. The Morgan fingerprint density at radius 3 is 2.39 bits per heavy atom. The summed E-state index contributed by atoms with van der Waals surface area (Å²) in [5, 5.41) is 13.8. The zero-order valence-corrected chi connectivity index (χ0v) is 24.8. The zero-order valence-electron chi connectivity index (χ0n) is 23.9. The molecule has 0 atom stereocenters. The standard InChI is InChI=1S/C26H34N11O3P/c1-8-22(38)31-18-13-19(21(40-5)14-20(18)36(4)12-11-35(2)3)33-26-29-15-28-25(34-26)32-17-9-10-37-24(27-16-30-37)23(17)41(6,7)39/h8-10,13-16H,1,11-12H2,2-7H3,(H,31,38)(H2,28,29,32,33,34). The highest BCUT2D eigenvalue weighted by Crippen LogP contribution is 2.40. The molecule has 216 valence electrons. The number of ether oxygens (including phenoxy) is 1. The van der Waals surface area contributed by atoms with Crippen LogP contribution in [0.2, 0.25) is 0 Å². The summed E-state index contributed by atoms with van der Waals surface area (Å²) in [5.41, 5.74) is 2.88. The Hall–Kier alpha value is -4.55. The topological polar surface area (TPSA) is 155 Å². The quantitative estimate of drug-likeness (QED) is 0.167. The lowest BCUT2D eigenvalue weighted by Crippen LogP contribution is -2.29. The van der Waals surface area contributed by atoms with E-state index in [1.807, 2.05) is 32.1 Å². The number of carbonyl (C=O) groups is 1. The maximum Gasteiger partial charge on any atom is 0.247 e. The summed E-state index contributed by atoms with van der Waals surface area (Å²) < 4.78 is 20.4. The number of hydrogen-bond donors (Lipinski definition) is 3. The van der Waals surface area contributed by atoms with Gasteiger partial charge in [-0.2, -0.15) is 10.1 Å². The molecule has 0 aliphatic carbocycles. The Bertz CT molecular complexity index is 1620. The molecule has 14 nitrogen and oxygen atoms in total. The maximum absolute atomic E-state index is 13.2. The summed E-state index contributed by atoms with van der Waals surface area (Å²) in [6.45, 7) is 8.42. The van der Waals surface area contributed by atoms with Crippen LogP contribution < -0.4 is 30.9 Å². The van der Waals surface area contributed by atoms with E-state index >= 15 is 0 Å². The van der Waals surface area contributed by atoms with Crippen LogP contribution in [0.3, 0.4) is 0 Å². The lowest BCUT2D eigenvalue weighted by atomic mass is 10.2. The molecule has 0 aliphatic rings. The van der Waals surface area contributed by atoms with Crippen LogP contribution in [0.5, 0.6) is 5.75 Å². The highest BCUT2D eigenvalue weighted by molar-refractivity contribution is 7.70. The summed E-state index contributed by atoms with van der Waals surface area (Å²) in [5.74, 6) is 0.609. The van der Waals surface area contributed by atoms with Crippen LogP contribution in [0.1, 0.15) is 0 Å². The number of nitrogens with one attached hydrogen (secondary N) is 3. The molecule has 3 aromatic heterocycles. The largest absolute Gasteiger partial charge is 0.494 e. The second-order valence-corrected chi connectivity index (χ2v) is 13.0. The number of benzene rings is 1. The fourth-order valence-electron chi connectivity index (χ4n) is 4.07. The molecule has 0 bridgehead atoms. The van der Waals surface area contributed by atoms with Gasteiger partial charge in [0.25, 0.3) is 0 Å². The van der Waals surface area contributed by atoms with Gasteiger partial charge in [0.15, 0.2) is 5.65 Å². The van der Waals surface area contributed by atoms with E-state index in [9.17, 15) is 9.36 Å². The Morgan fingerprint density at radius 2 is 1.76 bits per heavy atom. The van der Waals surface area contributed by atoms with Crippen molar-refractivity contribution in [3.63, 3.8) is 0 Å². The van der Waals surface area contributed by atoms with Gasteiger partial charge in [-0.25, -0.2) is 19.5 Å². The number of carbonyl (C=O) groups excluding carboxylic acids is 1. The molecule has 0 saturated heterocycles. The Morgan fingerprint density at radius 1 is 1.05 bits per heavy atom. The molecule has 15 heteroatoms. The number of aromatic nitrogens is 6. The number of hydrogen-bond acceptors (Lipinski definition) is 12. The molecule has 1 aromatic carbocycles. The monoisotopic (exact) mass is 579 g/mol. The number of amides is 1. The minimum absolute atomic E-state index is 0.219. The number of anilines is 6. The van der Waals surface area contributed by atoms with E-state index in [2.05, 4.69) is 52.5 Å². The van der Waals surface area contributed by atoms with Crippen molar-refractivity contribution in [2.24, 2.45) is 0 Å². The average molecular weight is 580 g/mol. The molecule has 0 aliphatic heterocycles. The van der Waals surface area contributed by atoms with Crippen LogP contribution in [0.25, 0.3) is 5.65 Å². The fraction of sp³-hybridized carbons (Fsp3) is 0.308. The van der Waals surface area contributed by atoms with Crippen LogP contribution in [-0.4, -0.2) is 95.0 Å². The summed E-state index contributed by atoms with van der Waals surface area (Å²) in [4.78, 5) is 33.6. The van der Waals surface area contributed by atoms with E-state index in [-0.39, 0.29) is 17.8 Å². The van der Waals surface area contributed by atoms with Crippen LogP contribution in [0.4, 0.5) is 34.6 Å². The first-order valence-corrected chi connectivity index (χ1v) is 15.2. The Kier molecular flexibility index (Phi) is 8.84. The Balaban J connectivity index is 1.67. The number of likely N-dealkylation sites (N-methyl/N-ethyl adjacent to an activating group) is 2. The molecule has 4 rings (SSSR count). The van der Waals surface area contributed by atoms with Crippen molar-refractivity contribution >= 4 is 58.6 Å². The van der Waals surface area contributed by atoms with Crippen molar-refractivity contribution in [2.75, 3.05) is 75.5 Å². The van der Waals surface area contributed by atoms with Crippen molar-refractivity contribution in [3.05, 3.63) is 49.7 Å². The average Bonchev–Trinajstić information content (AvgIpc) is 3.40. The third-order valence-electron chi connectivity index (χ3n) is 6.08. The van der Waals surface area contributed by atoms with Gasteiger partial charge in [-0.3, -0.25) is 4.79 Å². The highest BCUT2D eigenvalue weighted by atomic mass is 31.2. The lowest BCUT2D eigenvalue weighted by molar-refractivity contribution is -0.111. The first-order chi connectivity index (χ1) is 19.5. The van der Waals surface area contributed by atoms with Gasteiger partial charge in [0.2, 0.25) is 17.8 Å². The van der Waals surface area contributed by atoms with Crippen LogP contribution in [-0.2, 0) is 9.36 Å².